The highest BCUT2D eigenvalue weighted by Crippen LogP contribution is 2.07. The summed E-state index contributed by atoms with van der Waals surface area (Å²) in [6.07, 6.45) is 2.04. The zero-order chi connectivity index (χ0) is 13.5. The summed E-state index contributed by atoms with van der Waals surface area (Å²) < 4.78 is 0. The molecule has 0 aliphatic rings. The topological polar surface area (TPSA) is 84.1 Å². The number of hydrogen-bond donors (Lipinski definition) is 2. The molecule has 1 amide bonds. The third-order valence-corrected chi connectivity index (χ3v) is 2.56. The number of rotatable bonds is 6. The van der Waals surface area contributed by atoms with E-state index in [1.807, 2.05) is 0 Å². The molecule has 0 saturated carbocycles. The Kier molecular flexibility index (Phi) is 5.51. The lowest BCUT2D eigenvalue weighted by molar-refractivity contribution is 0.0821. The van der Waals surface area contributed by atoms with E-state index in [-0.39, 0.29) is 11.9 Å². The largest absolute Gasteiger partial charge is 0.365 e. The van der Waals surface area contributed by atoms with E-state index < -0.39 is 0 Å². The summed E-state index contributed by atoms with van der Waals surface area (Å²) in [7, 11) is 3.36. The summed E-state index contributed by atoms with van der Waals surface area (Å²) in [5.74, 6) is 0.493. The first-order chi connectivity index (χ1) is 8.58. The van der Waals surface area contributed by atoms with Gasteiger partial charge in [-0.1, -0.05) is 13.3 Å². The van der Waals surface area contributed by atoms with Gasteiger partial charge in [0.05, 0.1) is 0 Å². The van der Waals surface area contributed by atoms with Crippen molar-refractivity contribution in [3.8, 4) is 0 Å². The van der Waals surface area contributed by atoms with Crippen LogP contribution < -0.4 is 11.1 Å². The lowest BCUT2D eigenvalue weighted by atomic mass is 10.1. The van der Waals surface area contributed by atoms with Crippen molar-refractivity contribution in [2.45, 2.75) is 25.8 Å². The van der Waals surface area contributed by atoms with Crippen LogP contribution in [0, 0.1) is 0 Å². The fourth-order valence-corrected chi connectivity index (χ4v) is 1.56. The zero-order valence-electron chi connectivity index (χ0n) is 11.2. The van der Waals surface area contributed by atoms with Crippen molar-refractivity contribution in [3.63, 3.8) is 0 Å². The van der Waals surface area contributed by atoms with Crippen molar-refractivity contribution in [2.75, 3.05) is 26.0 Å². The number of carbonyl (C=O) groups excluding carboxylic acids is 1. The Morgan fingerprint density at radius 2 is 2.17 bits per heavy atom. The minimum atomic E-state index is -0.155. The third kappa shape index (κ3) is 3.96. The summed E-state index contributed by atoms with van der Waals surface area (Å²) in [4.78, 5) is 13.1. The first-order valence-electron chi connectivity index (χ1n) is 6.10. The smallest absolute Gasteiger partial charge is 0.273 e. The molecular formula is C12H21N5O. The molecule has 6 heteroatoms. The van der Waals surface area contributed by atoms with Crippen LogP contribution >= 0.6 is 0 Å². The molecular weight excluding hydrogens is 230 g/mol. The molecule has 0 bridgehead atoms. The van der Waals surface area contributed by atoms with E-state index in [0.29, 0.717) is 18.1 Å². The van der Waals surface area contributed by atoms with Crippen LogP contribution in [0.5, 0.6) is 0 Å². The number of nitrogens with one attached hydrogen (secondary N) is 1. The van der Waals surface area contributed by atoms with Crippen molar-refractivity contribution < 1.29 is 4.79 Å². The van der Waals surface area contributed by atoms with E-state index >= 15 is 0 Å². The number of aromatic nitrogens is 2. The van der Waals surface area contributed by atoms with E-state index in [1.165, 1.54) is 4.90 Å². The highest BCUT2D eigenvalue weighted by molar-refractivity contribution is 5.91. The molecule has 1 unspecified atom stereocenters. The predicted octanol–water partition coefficient (Wildman–Crippen LogP) is 0.718. The second-order valence-corrected chi connectivity index (χ2v) is 4.37. The molecule has 100 valence electrons. The number of nitrogens with two attached hydrogens (primary N) is 1. The van der Waals surface area contributed by atoms with Crippen LogP contribution in [-0.4, -0.2) is 47.7 Å². The minimum Gasteiger partial charge on any atom is -0.365 e. The molecule has 1 atom stereocenters. The van der Waals surface area contributed by atoms with Gasteiger partial charge in [-0.25, -0.2) is 0 Å². The van der Waals surface area contributed by atoms with Crippen molar-refractivity contribution >= 4 is 11.7 Å². The van der Waals surface area contributed by atoms with Crippen molar-refractivity contribution in [1.29, 1.82) is 0 Å². The first kappa shape index (κ1) is 14.4. The highest BCUT2D eigenvalue weighted by atomic mass is 16.2. The Hall–Kier alpha value is -1.69. The molecule has 1 aromatic rings. The minimum absolute atomic E-state index is 0.155. The number of hydrogen-bond acceptors (Lipinski definition) is 5. The Labute approximate surface area is 108 Å². The molecule has 18 heavy (non-hydrogen) atoms. The van der Waals surface area contributed by atoms with Gasteiger partial charge in [-0.05, 0) is 18.6 Å². The molecule has 0 fully saturated rings. The van der Waals surface area contributed by atoms with Crippen LogP contribution in [0.3, 0.4) is 0 Å². The summed E-state index contributed by atoms with van der Waals surface area (Å²) >= 11 is 0. The average molecular weight is 251 g/mol. The van der Waals surface area contributed by atoms with Gasteiger partial charge >= 0.3 is 0 Å². The van der Waals surface area contributed by atoms with E-state index in [4.69, 9.17) is 5.73 Å². The molecule has 0 aliphatic carbocycles. The average Bonchev–Trinajstić information content (AvgIpc) is 2.38. The normalized spacial score (nSPS) is 12.0. The van der Waals surface area contributed by atoms with Gasteiger partial charge in [-0.15, -0.1) is 10.2 Å². The molecule has 0 aromatic carbocycles. The fraction of sp³-hybridized carbons (Fsp3) is 0.583. The van der Waals surface area contributed by atoms with E-state index in [0.717, 1.165) is 12.8 Å². The molecule has 0 aliphatic heterocycles. The molecule has 0 spiro atoms. The molecule has 3 N–H and O–H groups in total. The van der Waals surface area contributed by atoms with Crippen LogP contribution in [0.2, 0.25) is 0 Å². The maximum atomic E-state index is 11.6. The van der Waals surface area contributed by atoms with Crippen LogP contribution in [-0.2, 0) is 0 Å². The zero-order valence-corrected chi connectivity index (χ0v) is 11.2. The lowest BCUT2D eigenvalue weighted by Gasteiger charge is -2.16. The molecule has 0 radical (unpaired) electrons. The summed E-state index contributed by atoms with van der Waals surface area (Å²) in [5, 5.41) is 11.1. The third-order valence-electron chi connectivity index (χ3n) is 2.56. The Balaban J connectivity index is 2.68. The van der Waals surface area contributed by atoms with Crippen molar-refractivity contribution in [3.05, 3.63) is 17.8 Å². The van der Waals surface area contributed by atoms with Crippen molar-refractivity contribution in [1.82, 2.24) is 15.1 Å². The maximum absolute atomic E-state index is 11.6. The monoisotopic (exact) mass is 251 g/mol. The van der Waals surface area contributed by atoms with Gasteiger partial charge in [-0.2, -0.15) is 0 Å². The van der Waals surface area contributed by atoms with Gasteiger partial charge in [0.2, 0.25) is 0 Å². The SMILES string of the molecule is CCCC(CN)Nc1ccc(C(=O)N(C)C)nn1. The highest BCUT2D eigenvalue weighted by Gasteiger charge is 2.11. The van der Waals surface area contributed by atoms with Crippen LogP contribution in [0.25, 0.3) is 0 Å². The van der Waals surface area contributed by atoms with E-state index in [9.17, 15) is 4.79 Å². The Morgan fingerprint density at radius 3 is 2.61 bits per heavy atom. The Bertz CT molecular complexity index is 377. The van der Waals surface area contributed by atoms with Gasteiger partial charge < -0.3 is 16.0 Å². The fourth-order valence-electron chi connectivity index (χ4n) is 1.56. The van der Waals surface area contributed by atoms with Gasteiger partial charge in [0.25, 0.3) is 5.91 Å². The maximum Gasteiger partial charge on any atom is 0.273 e. The van der Waals surface area contributed by atoms with Crippen LogP contribution in [0.15, 0.2) is 12.1 Å². The van der Waals surface area contributed by atoms with Gasteiger partial charge in [0, 0.05) is 26.7 Å². The van der Waals surface area contributed by atoms with Gasteiger partial charge in [-0.3, -0.25) is 4.79 Å². The van der Waals surface area contributed by atoms with Gasteiger partial charge in [0.15, 0.2) is 5.69 Å². The molecule has 0 saturated heterocycles. The second kappa shape index (κ2) is 6.90. The molecule has 1 aromatic heterocycles. The summed E-state index contributed by atoms with van der Waals surface area (Å²) in [6, 6.07) is 3.61. The summed E-state index contributed by atoms with van der Waals surface area (Å²) in [6.45, 7) is 2.66. The second-order valence-electron chi connectivity index (χ2n) is 4.37. The van der Waals surface area contributed by atoms with E-state index in [2.05, 4.69) is 22.4 Å². The quantitative estimate of drug-likeness (QED) is 0.778. The van der Waals surface area contributed by atoms with Crippen LogP contribution in [0.4, 0.5) is 5.82 Å². The Morgan fingerprint density at radius 1 is 1.44 bits per heavy atom. The number of nitrogens with zero attached hydrogens (tertiary/aromatic N) is 3. The van der Waals surface area contributed by atoms with E-state index in [1.54, 1.807) is 26.2 Å². The summed E-state index contributed by atoms with van der Waals surface area (Å²) in [5.41, 5.74) is 5.99. The van der Waals surface area contributed by atoms with Gasteiger partial charge in [0.1, 0.15) is 5.82 Å². The van der Waals surface area contributed by atoms with Crippen LogP contribution in [0.1, 0.15) is 30.3 Å². The predicted molar refractivity (Wildman–Crippen MR) is 71.4 cm³/mol. The first-order valence-corrected chi connectivity index (χ1v) is 6.10. The number of amides is 1. The standard InChI is InChI=1S/C12H21N5O/c1-4-5-9(8-13)14-11-7-6-10(15-16-11)12(18)17(2)3/h6-7,9H,4-5,8,13H2,1-3H3,(H,14,16). The lowest BCUT2D eigenvalue weighted by Crippen LogP contribution is -2.29. The number of anilines is 1. The molecule has 1 rings (SSSR count). The van der Waals surface area contributed by atoms with Crippen molar-refractivity contribution in [2.24, 2.45) is 5.73 Å². The molecule has 1 heterocycles. The molecule has 6 nitrogen and oxygen atoms in total. The number of carbonyl (C=O) groups is 1.